The summed E-state index contributed by atoms with van der Waals surface area (Å²) in [6.07, 6.45) is 4.55. The highest BCUT2D eigenvalue weighted by atomic mass is 16.4. The number of carbonyl (C=O) groups is 1. The van der Waals surface area contributed by atoms with Gasteiger partial charge in [0.2, 0.25) is 0 Å². The average molecular weight is 339 g/mol. The Morgan fingerprint density at radius 3 is 2.88 bits per heavy atom. The molecule has 1 amide bonds. The summed E-state index contributed by atoms with van der Waals surface area (Å²) in [6, 6.07) is 6.24. The van der Waals surface area contributed by atoms with Gasteiger partial charge in [0.25, 0.3) is 5.89 Å². The number of rotatable bonds is 3. The fourth-order valence-corrected chi connectivity index (χ4v) is 3.42. The summed E-state index contributed by atoms with van der Waals surface area (Å²) in [5.41, 5.74) is 2.83. The van der Waals surface area contributed by atoms with Gasteiger partial charge in [-0.1, -0.05) is 0 Å². The van der Waals surface area contributed by atoms with Gasteiger partial charge in [-0.05, 0) is 52.1 Å². The minimum absolute atomic E-state index is 0.0690. The Kier molecular flexibility index (Phi) is 3.84. The number of likely N-dealkylation sites (N-methyl/N-ethyl adjacent to an activating group) is 1. The molecule has 6 heteroatoms. The summed E-state index contributed by atoms with van der Waals surface area (Å²) in [6.45, 7) is 1.76. The minimum atomic E-state index is -0.351. The van der Waals surface area contributed by atoms with Crippen LogP contribution in [0.5, 0.6) is 0 Å². The number of hydrogen-bond donors (Lipinski definition) is 1. The first-order valence-electron chi connectivity index (χ1n) is 8.46. The predicted octanol–water partition coefficient (Wildman–Crippen LogP) is 3.40. The van der Waals surface area contributed by atoms with Gasteiger partial charge in [0.1, 0.15) is 17.1 Å². The standard InChI is InChI=1S/C19H21N3O3/c1-11-10-20-19(24-11)18(23)21-12-4-6-16-14(8-12)15-9-13(22(2)3)5-7-17(15)25-16/h4,6,8,10,13H,5,7,9H2,1-3H3,(H,21,23). The first-order valence-corrected chi connectivity index (χ1v) is 8.46. The van der Waals surface area contributed by atoms with Crippen LogP contribution in [0.4, 0.5) is 5.69 Å². The molecule has 0 fully saturated rings. The molecule has 3 aromatic rings. The molecule has 4 rings (SSSR count). The van der Waals surface area contributed by atoms with Crippen molar-refractivity contribution in [3.8, 4) is 0 Å². The Labute approximate surface area is 145 Å². The van der Waals surface area contributed by atoms with E-state index >= 15 is 0 Å². The maximum atomic E-state index is 12.2. The van der Waals surface area contributed by atoms with Gasteiger partial charge in [0.05, 0.1) is 6.20 Å². The Hall–Kier alpha value is -2.60. The van der Waals surface area contributed by atoms with Crippen LogP contribution in [-0.2, 0) is 12.8 Å². The Morgan fingerprint density at radius 1 is 1.32 bits per heavy atom. The molecule has 0 bridgehead atoms. The van der Waals surface area contributed by atoms with Crippen LogP contribution in [0.2, 0.25) is 0 Å². The van der Waals surface area contributed by atoms with E-state index in [2.05, 4.69) is 29.3 Å². The van der Waals surface area contributed by atoms with Crippen LogP contribution in [0.3, 0.4) is 0 Å². The molecule has 0 saturated carbocycles. The lowest BCUT2D eigenvalue weighted by Crippen LogP contribution is -2.33. The van der Waals surface area contributed by atoms with Gasteiger partial charge in [0, 0.05) is 29.1 Å². The van der Waals surface area contributed by atoms with Crippen LogP contribution in [0.25, 0.3) is 11.0 Å². The van der Waals surface area contributed by atoms with E-state index in [0.29, 0.717) is 17.5 Å². The molecule has 1 aromatic carbocycles. The summed E-state index contributed by atoms with van der Waals surface area (Å²) in [5, 5.41) is 3.92. The second kappa shape index (κ2) is 6.04. The first kappa shape index (κ1) is 15.9. The van der Waals surface area contributed by atoms with E-state index in [1.807, 2.05) is 18.2 Å². The molecule has 1 atom stereocenters. The second-order valence-corrected chi connectivity index (χ2v) is 6.81. The number of benzene rings is 1. The van der Waals surface area contributed by atoms with Gasteiger partial charge >= 0.3 is 5.91 Å². The number of nitrogens with zero attached hydrogens (tertiary/aromatic N) is 2. The maximum absolute atomic E-state index is 12.2. The number of nitrogens with one attached hydrogen (secondary N) is 1. The van der Waals surface area contributed by atoms with E-state index in [0.717, 1.165) is 36.0 Å². The lowest BCUT2D eigenvalue weighted by molar-refractivity contribution is 0.0989. The fourth-order valence-electron chi connectivity index (χ4n) is 3.42. The highest BCUT2D eigenvalue weighted by Gasteiger charge is 2.25. The number of amides is 1. The Morgan fingerprint density at radius 2 is 2.16 bits per heavy atom. The molecule has 0 spiro atoms. The second-order valence-electron chi connectivity index (χ2n) is 6.81. The molecule has 1 aliphatic carbocycles. The zero-order chi connectivity index (χ0) is 17.6. The predicted molar refractivity (Wildman–Crippen MR) is 94.9 cm³/mol. The normalized spacial score (nSPS) is 17.0. The van der Waals surface area contributed by atoms with Gasteiger partial charge in [-0.25, -0.2) is 4.98 Å². The minimum Gasteiger partial charge on any atom is -0.461 e. The smallest absolute Gasteiger partial charge is 0.311 e. The summed E-state index contributed by atoms with van der Waals surface area (Å²) in [4.78, 5) is 18.5. The van der Waals surface area contributed by atoms with E-state index in [4.69, 9.17) is 8.83 Å². The summed E-state index contributed by atoms with van der Waals surface area (Å²) >= 11 is 0. The molecule has 1 aliphatic rings. The van der Waals surface area contributed by atoms with Crippen molar-refractivity contribution in [1.82, 2.24) is 9.88 Å². The quantitative estimate of drug-likeness (QED) is 0.792. The van der Waals surface area contributed by atoms with E-state index in [9.17, 15) is 4.79 Å². The molecular weight excluding hydrogens is 318 g/mol. The van der Waals surface area contributed by atoms with Crippen LogP contribution in [-0.4, -0.2) is 35.9 Å². The maximum Gasteiger partial charge on any atom is 0.311 e. The average Bonchev–Trinajstić information content (AvgIpc) is 3.17. The van der Waals surface area contributed by atoms with Gasteiger partial charge in [-0.2, -0.15) is 0 Å². The van der Waals surface area contributed by atoms with Crippen molar-refractivity contribution in [1.29, 1.82) is 0 Å². The summed E-state index contributed by atoms with van der Waals surface area (Å²) in [7, 11) is 4.23. The number of anilines is 1. The van der Waals surface area contributed by atoms with Crippen molar-refractivity contribution >= 4 is 22.6 Å². The molecule has 0 radical (unpaired) electrons. The number of carbonyl (C=O) groups excluding carboxylic acids is 1. The lowest BCUT2D eigenvalue weighted by Gasteiger charge is -2.27. The largest absolute Gasteiger partial charge is 0.461 e. The number of oxazole rings is 1. The van der Waals surface area contributed by atoms with Gasteiger partial charge < -0.3 is 19.1 Å². The third kappa shape index (κ3) is 2.93. The molecule has 130 valence electrons. The summed E-state index contributed by atoms with van der Waals surface area (Å²) in [5.74, 6) is 1.40. The molecular formula is C19H21N3O3. The molecule has 2 heterocycles. The van der Waals surface area contributed by atoms with Crippen molar-refractivity contribution in [2.45, 2.75) is 32.2 Å². The third-order valence-electron chi connectivity index (χ3n) is 4.82. The van der Waals surface area contributed by atoms with Crippen molar-refractivity contribution in [3.63, 3.8) is 0 Å². The van der Waals surface area contributed by atoms with Crippen LogP contribution >= 0.6 is 0 Å². The van der Waals surface area contributed by atoms with Crippen LogP contribution in [0, 0.1) is 6.92 Å². The molecule has 0 aliphatic heterocycles. The zero-order valence-corrected chi connectivity index (χ0v) is 14.6. The van der Waals surface area contributed by atoms with E-state index < -0.39 is 0 Å². The lowest BCUT2D eigenvalue weighted by atomic mass is 9.91. The molecule has 1 unspecified atom stereocenters. The van der Waals surface area contributed by atoms with Crippen molar-refractivity contribution in [2.24, 2.45) is 0 Å². The fraction of sp³-hybridized carbons (Fsp3) is 0.368. The Balaban J connectivity index is 1.64. The van der Waals surface area contributed by atoms with Gasteiger partial charge in [-0.3, -0.25) is 4.79 Å². The molecule has 25 heavy (non-hydrogen) atoms. The van der Waals surface area contributed by atoms with E-state index in [-0.39, 0.29) is 11.8 Å². The number of furan rings is 1. The number of fused-ring (bicyclic) bond motifs is 3. The molecule has 0 saturated heterocycles. The van der Waals surface area contributed by atoms with Crippen molar-refractivity contribution in [2.75, 3.05) is 19.4 Å². The topological polar surface area (TPSA) is 71.5 Å². The van der Waals surface area contributed by atoms with Gasteiger partial charge in [-0.15, -0.1) is 0 Å². The summed E-state index contributed by atoms with van der Waals surface area (Å²) < 4.78 is 11.3. The van der Waals surface area contributed by atoms with Crippen molar-refractivity contribution in [3.05, 3.63) is 47.4 Å². The highest BCUT2D eigenvalue weighted by Crippen LogP contribution is 2.34. The molecule has 6 nitrogen and oxygen atoms in total. The molecule has 2 aromatic heterocycles. The van der Waals surface area contributed by atoms with E-state index in [1.54, 1.807) is 6.92 Å². The third-order valence-corrected chi connectivity index (χ3v) is 4.82. The number of aromatic nitrogens is 1. The number of hydrogen-bond acceptors (Lipinski definition) is 5. The van der Waals surface area contributed by atoms with Gasteiger partial charge in [0.15, 0.2) is 0 Å². The van der Waals surface area contributed by atoms with Crippen LogP contribution in [0.1, 0.15) is 34.2 Å². The SMILES string of the molecule is Cc1cnc(C(=O)Nc2ccc3oc4c(c3c2)CC(N(C)C)CC4)o1. The molecule has 1 N–H and O–H groups in total. The number of aryl methyl sites for hydroxylation is 2. The Bertz CT molecular complexity index is 939. The monoisotopic (exact) mass is 339 g/mol. The van der Waals surface area contributed by atoms with Crippen LogP contribution in [0.15, 0.2) is 33.2 Å². The highest BCUT2D eigenvalue weighted by molar-refractivity contribution is 6.02. The van der Waals surface area contributed by atoms with Crippen LogP contribution < -0.4 is 5.32 Å². The van der Waals surface area contributed by atoms with Crippen molar-refractivity contribution < 1.29 is 13.6 Å². The van der Waals surface area contributed by atoms with E-state index in [1.165, 1.54) is 11.8 Å². The zero-order valence-electron chi connectivity index (χ0n) is 14.6. The first-order chi connectivity index (χ1) is 12.0.